The van der Waals surface area contributed by atoms with Crippen LogP contribution in [0.4, 0.5) is 0 Å². The van der Waals surface area contributed by atoms with Crippen LogP contribution in [0.25, 0.3) is 5.76 Å². The van der Waals surface area contributed by atoms with Gasteiger partial charge in [0, 0.05) is 16.6 Å². The van der Waals surface area contributed by atoms with E-state index in [1.54, 1.807) is 79.9 Å². The lowest BCUT2D eigenvalue weighted by Crippen LogP contribution is -2.29. The fraction of sp³-hybridized carbons (Fsp3) is 0.148. The van der Waals surface area contributed by atoms with Crippen molar-refractivity contribution in [1.29, 1.82) is 0 Å². The van der Waals surface area contributed by atoms with Gasteiger partial charge in [-0.3, -0.25) is 9.59 Å². The van der Waals surface area contributed by atoms with Gasteiger partial charge in [0.25, 0.3) is 11.7 Å². The smallest absolute Gasteiger partial charge is 0.337 e. The van der Waals surface area contributed by atoms with Crippen molar-refractivity contribution in [3.8, 4) is 5.75 Å². The molecule has 1 unspecified atom stereocenters. The molecule has 0 bridgehead atoms. The number of rotatable bonds is 6. The molecule has 0 aliphatic carbocycles. The van der Waals surface area contributed by atoms with E-state index in [4.69, 9.17) is 9.47 Å². The molecule has 1 aliphatic heterocycles. The lowest BCUT2D eigenvalue weighted by Gasteiger charge is -2.25. The van der Waals surface area contributed by atoms with Crippen molar-refractivity contribution < 1.29 is 29.0 Å². The molecule has 1 aliphatic rings. The molecule has 3 aromatic carbocycles. The maximum atomic E-state index is 13.2. The van der Waals surface area contributed by atoms with Crippen LogP contribution in [-0.4, -0.2) is 41.9 Å². The number of ketones is 1. The maximum absolute atomic E-state index is 13.2. The number of carbonyl (C=O) groups is 3. The number of carbonyl (C=O) groups excluding carboxylic acids is 3. The Labute approximate surface area is 210 Å². The van der Waals surface area contributed by atoms with Crippen LogP contribution >= 0.6 is 15.9 Å². The minimum Gasteiger partial charge on any atom is -0.507 e. The summed E-state index contributed by atoms with van der Waals surface area (Å²) < 4.78 is 10.8. The quantitative estimate of drug-likeness (QED) is 0.209. The predicted octanol–water partition coefficient (Wildman–Crippen LogP) is 4.87. The number of hydrogen-bond donors (Lipinski definition) is 1. The predicted molar refractivity (Wildman–Crippen MR) is 133 cm³/mol. The van der Waals surface area contributed by atoms with E-state index in [1.807, 2.05) is 0 Å². The van der Waals surface area contributed by atoms with E-state index in [-0.39, 0.29) is 17.9 Å². The molecule has 1 fully saturated rings. The molecule has 0 saturated carbocycles. The molecule has 0 aromatic heterocycles. The standard InChI is InChI=1S/C27H22BrNO6/c1-34-21-13-9-17(10-14-21)23-22(24(30)18-7-11-20(28)12-8-18)25(31)26(32)29(23)15-16-3-5-19(6-4-16)27(33)35-2/h3-14,23,30H,15H2,1-2H3/b24-22+. The number of likely N-dealkylation sites (tertiary alicyclic amines) is 1. The number of halogens is 1. The van der Waals surface area contributed by atoms with Crippen LogP contribution in [0.15, 0.2) is 82.8 Å². The molecule has 1 N–H and O–H groups in total. The van der Waals surface area contributed by atoms with Crippen LogP contribution < -0.4 is 4.74 Å². The fourth-order valence-corrected chi connectivity index (χ4v) is 4.26. The molecule has 35 heavy (non-hydrogen) atoms. The van der Waals surface area contributed by atoms with E-state index < -0.39 is 23.7 Å². The molecule has 8 heteroatoms. The number of esters is 1. The Morgan fingerprint density at radius 1 is 0.914 bits per heavy atom. The average molecular weight is 536 g/mol. The molecular weight excluding hydrogens is 514 g/mol. The van der Waals surface area contributed by atoms with Crippen molar-refractivity contribution in [2.45, 2.75) is 12.6 Å². The summed E-state index contributed by atoms with van der Waals surface area (Å²) in [6.45, 7) is 0.0971. The van der Waals surface area contributed by atoms with Crippen molar-refractivity contribution in [3.05, 3.63) is 105 Å². The highest BCUT2D eigenvalue weighted by molar-refractivity contribution is 9.10. The van der Waals surface area contributed by atoms with Gasteiger partial charge in [-0.25, -0.2) is 4.79 Å². The van der Waals surface area contributed by atoms with Gasteiger partial charge in [-0.2, -0.15) is 0 Å². The Balaban J connectivity index is 1.79. The van der Waals surface area contributed by atoms with E-state index in [1.165, 1.54) is 12.0 Å². The number of ether oxygens (including phenoxy) is 2. The fourth-order valence-electron chi connectivity index (χ4n) is 4.00. The minimum atomic E-state index is -0.815. The molecule has 1 saturated heterocycles. The Morgan fingerprint density at radius 3 is 2.09 bits per heavy atom. The Hall–Kier alpha value is -3.91. The first-order valence-electron chi connectivity index (χ1n) is 10.7. The van der Waals surface area contributed by atoms with Crippen molar-refractivity contribution in [1.82, 2.24) is 4.90 Å². The van der Waals surface area contributed by atoms with Gasteiger partial charge in [-0.15, -0.1) is 0 Å². The monoisotopic (exact) mass is 535 g/mol. The van der Waals surface area contributed by atoms with Gasteiger partial charge in [0.15, 0.2) is 0 Å². The average Bonchev–Trinajstić information content (AvgIpc) is 3.13. The zero-order valence-electron chi connectivity index (χ0n) is 19.0. The normalized spacial score (nSPS) is 16.9. The molecule has 178 valence electrons. The van der Waals surface area contributed by atoms with E-state index in [0.29, 0.717) is 28.0 Å². The first-order chi connectivity index (χ1) is 16.8. The van der Waals surface area contributed by atoms with Gasteiger partial charge >= 0.3 is 5.97 Å². The second-order valence-corrected chi connectivity index (χ2v) is 8.81. The second kappa shape index (κ2) is 10.1. The summed E-state index contributed by atoms with van der Waals surface area (Å²) in [6.07, 6.45) is 0. The molecule has 7 nitrogen and oxygen atoms in total. The molecule has 4 rings (SSSR count). The Morgan fingerprint density at radius 2 is 1.51 bits per heavy atom. The van der Waals surface area contributed by atoms with E-state index >= 15 is 0 Å². The van der Waals surface area contributed by atoms with Gasteiger partial charge in [-0.1, -0.05) is 52.3 Å². The number of Topliss-reactive ketones (excluding diaryl/α,β-unsaturated/α-hetero) is 1. The van der Waals surface area contributed by atoms with Crippen molar-refractivity contribution in [2.75, 3.05) is 14.2 Å². The Bertz CT molecular complexity index is 1300. The molecule has 1 heterocycles. The number of methoxy groups -OCH3 is 2. The molecule has 1 amide bonds. The highest BCUT2D eigenvalue weighted by Crippen LogP contribution is 2.40. The first kappa shape index (κ1) is 24.2. The van der Waals surface area contributed by atoms with Crippen LogP contribution in [-0.2, 0) is 20.9 Å². The number of aliphatic hydroxyl groups is 1. The molecule has 0 spiro atoms. The molecule has 1 atom stereocenters. The maximum Gasteiger partial charge on any atom is 0.337 e. The number of amides is 1. The van der Waals surface area contributed by atoms with Crippen LogP contribution in [0.3, 0.4) is 0 Å². The third-order valence-electron chi connectivity index (χ3n) is 5.82. The number of hydrogen-bond acceptors (Lipinski definition) is 6. The van der Waals surface area contributed by atoms with Crippen LogP contribution in [0.2, 0.25) is 0 Å². The number of nitrogens with zero attached hydrogens (tertiary/aromatic N) is 1. The van der Waals surface area contributed by atoms with Crippen LogP contribution in [0.1, 0.15) is 33.1 Å². The van der Waals surface area contributed by atoms with Gasteiger partial charge in [0.1, 0.15) is 11.5 Å². The van der Waals surface area contributed by atoms with Gasteiger partial charge in [0.2, 0.25) is 0 Å². The first-order valence-corrected chi connectivity index (χ1v) is 11.5. The summed E-state index contributed by atoms with van der Waals surface area (Å²) in [5.74, 6) is -1.58. The third-order valence-corrected chi connectivity index (χ3v) is 6.35. The molecular formula is C27H22BrNO6. The second-order valence-electron chi connectivity index (χ2n) is 7.90. The van der Waals surface area contributed by atoms with Crippen molar-refractivity contribution in [2.24, 2.45) is 0 Å². The van der Waals surface area contributed by atoms with Crippen LogP contribution in [0.5, 0.6) is 5.75 Å². The summed E-state index contributed by atoms with van der Waals surface area (Å²) in [4.78, 5) is 39.5. The lowest BCUT2D eigenvalue weighted by atomic mass is 9.95. The summed E-state index contributed by atoms with van der Waals surface area (Å²) in [5.41, 5.74) is 2.16. The van der Waals surface area contributed by atoms with Crippen molar-refractivity contribution >= 4 is 39.3 Å². The van der Waals surface area contributed by atoms with Gasteiger partial charge < -0.3 is 19.5 Å². The largest absolute Gasteiger partial charge is 0.507 e. The number of aliphatic hydroxyl groups excluding tert-OH is 1. The molecule has 3 aromatic rings. The summed E-state index contributed by atoms with van der Waals surface area (Å²) in [5, 5.41) is 11.1. The topological polar surface area (TPSA) is 93.1 Å². The summed E-state index contributed by atoms with van der Waals surface area (Å²) in [6, 6.07) is 19.6. The third kappa shape index (κ3) is 4.83. The van der Waals surface area contributed by atoms with E-state index in [0.717, 1.165) is 4.47 Å². The van der Waals surface area contributed by atoms with E-state index in [2.05, 4.69) is 15.9 Å². The highest BCUT2D eigenvalue weighted by Gasteiger charge is 2.46. The van der Waals surface area contributed by atoms with Gasteiger partial charge in [0.05, 0.1) is 31.4 Å². The highest BCUT2D eigenvalue weighted by atomic mass is 79.9. The summed E-state index contributed by atoms with van der Waals surface area (Å²) >= 11 is 3.36. The zero-order valence-corrected chi connectivity index (χ0v) is 20.6. The minimum absolute atomic E-state index is 0.00803. The SMILES string of the molecule is COC(=O)c1ccc(CN2C(=O)C(=O)/C(=C(/O)c3ccc(Br)cc3)C2c2ccc(OC)cc2)cc1. The number of benzene rings is 3. The molecule has 0 radical (unpaired) electrons. The van der Waals surface area contributed by atoms with Crippen LogP contribution in [0, 0.1) is 0 Å². The van der Waals surface area contributed by atoms with E-state index in [9.17, 15) is 19.5 Å². The van der Waals surface area contributed by atoms with Crippen molar-refractivity contribution in [3.63, 3.8) is 0 Å². The lowest BCUT2D eigenvalue weighted by molar-refractivity contribution is -0.140. The van der Waals surface area contributed by atoms with Gasteiger partial charge in [-0.05, 0) is 47.5 Å². The zero-order chi connectivity index (χ0) is 25.1. The summed E-state index contributed by atoms with van der Waals surface area (Å²) in [7, 11) is 2.85. The Kier molecular flexibility index (Phi) is 7.02.